The van der Waals surface area contributed by atoms with Gasteiger partial charge in [-0.05, 0) is 42.5 Å². The zero-order valence-corrected chi connectivity index (χ0v) is 16.5. The second-order valence-electron chi connectivity index (χ2n) is 7.83. The molecule has 4 rings (SSSR count). The van der Waals surface area contributed by atoms with Crippen LogP contribution in [0.4, 0.5) is 0 Å². The lowest BCUT2D eigenvalue weighted by Crippen LogP contribution is -2.40. The van der Waals surface area contributed by atoms with Crippen molar-refractivity contribution in [2.75, 3.05) is 0 Å². The Hall–Kier alpha value is -2.92. The van der Waals surface area contributed by atoms with E-state index in [2.05, 4.69) is 6.58 Å². The summed E-state index contributed by atoms with van der Waals surface area (Å²) in [6.07, 6.45) is 2.81. The van der Waals surface area contributed by atoms with Crippen LogP contribution < -0.4 is 10.5 Å². The van der Waals surface area contributed by atoms with Gasteiger partial charge in [-0.2, -0.15) is 0 Å². The van der Waals surface area contributed by atoms with Gasteiger partial charge in [0.25, 0.3) is 5.91 Å². The Balaban J connectivity index is 1.51. The lowest BCUT2D eigenvalue weighted by Gasteiger charge is -2.25. The zero-order valence-electron chi connectivity index (χ0n) is 16.5. The molecule has 2 aromatic carbocycles. The SMILES string of the molecule is C=C1CCC[C@H](N2Cc3c(OCc4ccc(CN)cc4)cccc3C2=O)C(=O)C1. The monoisotopic (exact) mass is 390 g/mol. The molecule has 0 unspecified atom stereocenters. The Bertz CT molecular complexity index is 949. The molecule has 2 aliphatic rings. The molecule has 150 valence electrons. The smallest absolute Gasteiger partial charge is 0.255 e. The number of Topliss-reactive ketones (excluding diaryl/α,β-unsaturated/α-hetero) is 1. The normalized spacial score (nSPS) is 19.3. The fraction of sp³-hybridized carbons (Fsp3) is 0.333. The summed E-state index contributed by atoms with van der Waals surface area (Å²) in [4.78, 5) is 27.4. The van der Waals surface area contributed by atoms with E-state index in [1.54, 1.807) is 4.90 Å². The fourth-order valence-corrected chi connectivity index (χ4v) is 4.13. The predicted molar refractivity (Wildman–Crippen MR) is 111 cm³/mol. The number of hydrogen-bond donors (Lipinski definition) is 1. The van der Waals surface area contributed by atoms with Crippen LogP contribution in [0.3, 0.4) is 0 Å². The Morgan fingerprint density at radius 1 is 1.10 bits per heavy atom. The third kappa shape index (κ3) is 3.96. The minimum Gasteiger partial charge on any atom is -0.489 e. The number of ether oxygens (including phenoxy) is 1. The highest BCUT2D eigenvalue weighted by molar-refractivity contribution is 6.02. The van der Waals surface area contributed by atoms with Crippen molar-refractivity contribution in [3.05, 3.63) is 76.9 Å². The number of nitrogens with two attached hydrogens (primary N) is 1. The first kappa shape index (κ1) is 19.4. The van der Waals surface area contributed by atoms with Gasteiger partial charge in [0.1, 0.15) is 12.4 Å². The average Bonchev–Trinajstić information content (AvgIpc) is 2.96. The number of nitrogens with zero attached hydrogens (tertiary/aromatic N) is 1. The highest BCUT2D eigenvalue weighted by Crippen LogP contribution is 2.35. The molecular weight excluding hydrogens is 364 g/mol. The van der Waals surface area contributed by atoms with Gasteiger partial charge in [0.05, 0.1) is 12.6 Å². The molecule has 1 heterocycles. The van der Waals surface area contributed by atoms with Crippen LogP contribution in [-0.2, 0) is 24.5 Å². The number of fused-ring (bicyclic) bond motifs is 1. The molecule has 1 aliphatic carbocycles. The molecule has 1 aliphatic heterocycles. The first-order valence-electron chi connectivity index (χ1n) is 10.1. The quantitative estimate of drug-likeness (QED) is 0.623. The van der Waals surface area contributed by atoms with Crippen LogP contribution in [0.25, 0.3) is 0 Å². The van der Waals surface area contributed by atoms with E-state index < -0.39 is 0 Å². The number of rotatable bonds is 5. The summed E-state index contributed by atoms with van der Waals surface area (Å²) in [5, 5.41) is 0. The van der Waals surface area contributed by atoms with Crippen LogP contribution in [0, 0.1) is 0 Å². The van der Waals surface area contributed by atoms with Gasteiger partial charge >= 0.3 is 0 Å². The molecule has 0 bridgehead atoms. The summed E-state index contributed by atoms with van der Waals surface area (Å²) in [6, 6.07) is 13.2. The molecule has 1 fully saturated rings. The number of amides is 1. The third-order valence-electron chi connectivity index (χ3n) is 5.79. The zero-order chi connectivity index (χ0) is 20.4. The second-order valence-corrected chi connectivity index (χ2v) is 7.83. The minimum atomic E-state index is -0.370. The molecular formula is C24H26N2O3. The molecule has 2 N–H and O–H groups in total. The molecule has 5 heteroatoms. The number of benzene rings is 2. The summed E-state index contributed by atoms with van der Waals surface area (Å²) in [6.45, 7) is 5.31. The van der Waals surface area contributed by atoms with Crippen molar-refractivity contribution in [1.29, 1.82) is 0 Å². The molecule has 0 aromatic heterocycles. The summed E-state index contributed by atoms with van der Waals surface area (Å²) >= 11 is 0. The highest BCUT2D eigenvalue weighted by atomic mass is 16.5. The van der Waals surface area contributed by atoms with Crippen LogP contribution in [0.15, 0.2) is 54.6 Å². The molecule has 1 amide bonds. The molecule has 29 heavy (non-hydrogen) atoms. The van der Waals surface area contributed by atoms with Crippen molar-refractivity contribution in [3.8, 4) is 5.75 Å². The summed E-state index contributed by atoms with van der Waals surface area (Å²) in [5.41, 5.74) is 10.2. The lowest BCUT2D eigenvalue weighted by molar-refractivity contribution is -0.122. The van der Waals surface area contributed by atoms with Gasteiger partial charge in [-0.15, -0.1) is 0 Å². The van der Waals surface area contributed by atoms with Crippen molar-refractivity contribution < 1.29 is 14.3 Å². The first-order chi connectivity index (χ1) is 14.1. The van der Waals surface area contributed by atoms with E-state index in [9.17, 15) is 9.59 Å². The van der Waals surface area contributed by atoms with Gasteiger partial charge in [-0.25, -0.2) is 0 Å². The van der Waals surface area contributed by atoms with E-state index in [1.165, 1.54) is 0 Å². The standard InChI is InChI=1S/C24H26N2O3/c1-16-4-2-6-21(22(27)12-16)26-14-20-19(24(26)28)5-3-7-23(20)29-15-18-10-8-17(13-25)9-11-18/h3,5,7-11,21H,1-2,4,6,12-15,25H2/t21-/m0/s1. The molecule has 1 saturated carbocycles. The Morgan fingerprint density at radius 3 is 2.62 bits per heavy atom. The van der Waals surface area contributed by atoms with Crippen LogP contribution in [-0.4, -0.2) is 22.6 Å². The van der Waals surface area contributed by atoms with Crippen molar-refractivity contribution in [2.45, 2.75) is 51.4 Å². The van der Waals surface area contributed by atoms with Crippen molar-refractivity contribution in [2.24, 2.45) is 5.73 Å². The fourth-order valence-electron chi connectivity index (χ4n) is 4.13. The summed E-state index contributed by atoms with van der Waals surface area (Å²) in [5.74, 6) is 0.714. The van der Waals surface area contributed by atoms with Crippen LogP contribution >= 0.6 is 0 Å². The Kier molecular flexibility index (Phi) is 5.49. The molecule has 0 saturated heterocycles. The number of hydrogen-bond acceptors (Lipinski definition) is 4. The largest absolute Gasteiger partial charge is 0.489 e. The van der Waals surface area contributed by atoms with E-state index in [0.29, 0.717) is 43.9 Å². The van der Waals surface area contributed by atoms with Gasteiger partial charge in [-0.3, -0.25) is 9.59 Å². The summed E-state index contributed by atoms with van der Waals surface area (Å²) < 4.78 is 6.05. The van der Waals surface area contributed by atoms with Crippen LogP contribution in [0.2, 0.25) is 0 Å². The molecule has 0 spiro atoms. The van der Waals surface area contributed by atoms with Crippen molar-refractivity contribution >= 4 is 11.7 Å². The van der Waals surface area contributed by atoms with Crippen LogP contribution in [0.1, 0.15) is 52.7 Å². The van der Waals surface area contributed by atoms with Gasteiger partial charge < -0.3 is 15.4 Å². The maximum Gasteiger partial charge on any atom is 0.255 e. The van der Waals surface area contributed by atoms with E-state index >= 15 is 0 Å². The Morgan fingerprint density at radius 2 is 1.86 bits per heavy atom. The van der Waals surface area contributed by atoms with Gasteiger partial charge in [-0.1, -0.05) is 42.5 Å². The van der Waals surface area contributed by atoms with E-state index in [1.807, 2.05) is 42.5 Å². The maximum atomic E-state index is 13.0. The van der Waals surface area contributed by atoms with E-state index in [4.69, 9.17) is 10.5 Å². The summed E-state index contributed by atoms with van der Waals surface area (Å²) in [7, 11) is 0. The molecule has 0 radical (unpaired) electrons. The highest BCUT2D eigenvalue weighted by Gasteiger charge is 2.38. The minimum absolute atomic E-state index is 0.0800. The van der Waals surface area contributed by atoms with Gasteiger partial charge in [0, 0.05) is 24.1 Å². The molecule has 2 aromatic rings. The number of carbonyl (C=O) groups excluding carboxylic acids is 2. The van der Waals surface area contributed by atoms with Crippen molar-refractivity contribution in [3.63, 3.8) is 0 Å². The number of allylic oxidation sites excluding steroid dienone is 1. The number of ketones is 1. The lowest BCUT2D eigenvalue weighted by atomic mass is 10.1. The van der Waals surface area contributed by atoms with E-state index in [-0.39, 0.29) is 17.7 Å². The third-order valence-corrected chi connectivity index (χ3v) is 5.79. The first-order valence-corrected chi connectivity index (χ1v) is 10.1. The average molecular weight is 390 g/mol. The van der Waals surface area contributed by atoms with Crippen molar-refractivity contribution in [1.82, 2.24) is 4.90 Å². The molecule has 5 nitrogen and oxygen atoms in total. The van der Waals surface area contributed by atoms with Crippen LogP contribution in [0.5, 0.6) is 5.75 Å². The topological polar surface area (TPSA) is 72.6 Å². The Labute approximate surface area is 171 Å². The predicted octanol–water partition coefficient (Wildman–Crippen LogP) is 3.75. The number of carbonyl (C=O) groups is 2. The van der Waals surface area contributed by atoms with Gasteiger partial charge in [0.15, 0.2) is 5.78 Å². The van der Waals surface area contributed by atoms with E-state index in [0.717, 1.165) is 35.1 Å². The maximum absolute atomic E-state index is 13.0. The molecule has 1 atom stereocenters. The second kappa shape index (κ2) is 8.21. The van der Waals surface area contributed by atoms with Gasteiger partial charge in [0.2, 0.25) is 0 Å².